The van der Waals surface area contributed by atoms with Gasteiger partial charge in [-0.25, -0.2) is 4.79 Å². The molecule has 5 unspecified atom stereocenters. The molecule has 0 saturated carbocycles. The lowest BCUT2D eigenvalue weighted by Gasteiger charge is -2.25. The van der Waals surface area contributed by atoms with Gasteiger partial charge < -0.3 is 43.4 Å². The van der Waals surface area contributed by atoms with Gasteiger partial charge in [0.25, 0.3) is 0 Å². The van der Waals surface area contributed by atoms with Crippen molar-refractivity contribution in [3.8, 4) is 0 Å². The van der Waals surface area contributed by atoms with Gasteiger partial charge >= 0.3 is 5.97 Å². The Morgan fingerprint density at radius 2 is 1.31 bits per heavy atom. The summed E-state index contributed by atoms with van der Waals surface area (Å²) in [5.74, 6) is -5.80. The van der Waals surface area contributed by atoms with Crippen molar-refractivity contribution in [2.24, 2.45) is 17.2 Å². The number of primary amides is 2. The van der Waals surface area contributed by atoms with Crippen LogP contribution in [0.1, 0.15) is 32.6 Å². The fourth-order valence-corrected chi connectivity index (χ4v) is 2.63. The second kappa shape index (κ2) is 14.2. The summed E-state index contributed by atoms with van der Waals surface area (Å²) < 4.78 is 0. The summed E-state index contributed by atoms with van der Waals surface area (Å²) >= 11 is 3.95. The van der Waals surface area contributed by atoms with Crippen LogP contribution in [0.2, 0.25) is 0 Å². The second-order valence-corrected chi connectivity index (χ2v) is 7.35. The van der Waals surface area contributed by atoms with E-state index in [0.717, 1.165) is 6.92 Å². The van der Waals surface area contributed by atoms with Gasteiger partial charge in [-0.1, -0.05) is 0 Å². The van der Waals surface area contributed by atoms with Crippen LogP contribution in [0, 0.1) is 0 Å². The molecule has 0 heterocycles. The predicted octanol–water partition coefficient (Wildman–Crippen LogP) is -4.31. The Balaban J connectivity index is 5.29. The number of hydrogen-bond acceptors (Lipinski definition) is 9. The first kappa shape index (κ1) is 29.1. The summed E-state index contributed by atoms with van der Waals surface area (Å²) in [6, 6.07) is -5.45. The maximum atomic E-state index is 12.6. The zero-order valence-corrected chi connectivity index (χ0v) is 18.3. The normalized spacial score (nSPS) is 15.4. The first-order chi connectivity index (χ1) is 14.8. The monoisotopic (exact) mass is 478 g/mol. The van der Waals surface area contributed by atoms with Gasteiger partial charge in [0.15, 0.2) is 6.04 Å². The highest BCUT2D eigenvalue weighted by molar-refractivity contribution is 7.80. The van der Waals surface area contributed by atoms with Gasteiger partial charge in [0.1, 0.15) is 12.1 Å². The van der Waals surface area contributed by atoms with E-state index in [0.29, 0.717) is 0 Å². The molecule has 0 aromatic rings. The first-order valence-electron chi connectivity index (χ1n) is 9.55. The van der Waals surface area contributed by atoms with Crippen LogP contribution >= 0.6 is 12.6 Å². The number of hydrogen-bond donors (Lipinski definition) is 9. The van der Waals surface area contributed by atoms with Crippen molar-refractivity contribution in [2.45, 2.75) is 62.9 Å². The molecule has 0 fully saturated rings. The van der Waals surface area contributed by atoms with Crippen molar-refractivity contribution in [2.75, 3.05) is 5.75 Å². The number of thiol groups is 1. The molecule has 0 saturated heterocycles. The summed E-state index contributed by atoms with van der Waals surface area (Å²) in [5, 5.41) is 25.2. The standard InChI is InChI=1S/C17H30N6O8S/c1-7(24)13(17(30)31)23-16(29)10(6-32)22-15(28)9(3-5-12(20)26)21-14(27)8(18)2-4-11(19)25/h7-10,13,24,32H,2-6,18H2,1H3,(H2,19,25)(H2,20,26)(H,21,27)(H,22,28)(H,23,29)(H,30,31). The number of aliphatic carboxylic acids is 1. The first-order valence-corrected chi connectivity index (χ1v) is 10.2. The molecule has 11 N–H and O–H groups in total. The van der Waals surface area contributed by atoms with Gasteiger partial charge in [0.05, 0.1) is 12.1 Å². The number of carboxylic acids is 1. The third-order valence-corrected chi connectivity index (χ3v) is 4.58. The van der Waals surface area contributed by atoms with Crippen LogP contribution in [0.15, 0.2) is 0 Å². The molecule has 14 nitrogen and oxygen atoms in total. The molecule has 0 bridgehead atoms. The summed E-state index contributed by atoms with van der Waals surface area (Å²) in [6.07, 6.45) is -2.17. The molecule has 32 heavy (non-hydrogen) atoms. The van der Waals surface area contributed by atoms with Crippen molar-refractivity contribution < 1.29 is 39.0 Å². The van der Waals surface area contributed by atoms with Crippen molar-refractivity contribution in [1.29, 1.82) is 0 Å². The highest BCUT2D eigenvalue weighted by atomic mass is 32.1. The molecule has 0 aromatic carbocycles. The average molecular weight is 479 g/mol. The van der Waals surface area contributed by atoms with Crippen molar-refractivity contribution in [1.82, 2.24) is 16.0 Å². The lowest BCUT2D eigenvalue weighted by molar-refractivity contribution is -0.145. The summed E-state index contributed by atoms with van der Waals surface area (Å²) in [4.78, 5) is 70.3. The number of amides is 5. The number of carbonyl (C=O) groups excluding carboxylic acids is 5. The van der Waals surface area contributed by atoms with E-state index in [1.54, 1.807) is 0 Å². The van der Waals surface area contributed by atoms with E-state index in [-0.39, 0.29) is 31.4 Å². The number of carbonyl (C=O) groups is 6. The SMILES string of the molecule is CC(O)C(NC(=O)C(CS)NC(=O)C(CCC(N)=O)NC(=O)C(N)CCC(N)=O)C(=O)O. The maximum Gasteiger partial charge on any atom is 0.328 e. The predicted molar refractivity (Wildman–Crippen MR) is 114 cm³/mol. The molecule has 0 aliphatic rings. The van der Waals surface area contributed by atoms with E-state index >= 15 is 0 Å². The Bertz CT molecular complexity index is 719. The van der Waals surface area contributed by atoms with Crippen LogP contribution in [-0.4, -0.2) is 81.7 Å². The fraction of sp³-hybridized carbons (Fsp3) is 0.647. The van der Waals surface area contributed by atoms with Crippen LogP contribution in [0.25, 0.3) is 0 Å². The third-order valence-electron chi connectivity index (χ3n) is 4.21. The Morgan fingerprint density at radius 1 is 0.844 bits per heavy atom. The number of aliphatic hydroxyl groups excluding tert-OH is 1. The zero-order valence-electron chi connectivity index (χ0n) is 17.4. The van der Waals surface area contributed by atoms with Crippen LogP contribution in [0.4, 0.5) is 0 Å². The Labute approximate surface area is 189 Å². The molecule has 0 spiro atoms. The third kappa shape index (κ3) is 10.9. The van der Waals surface area contributed by atoms with Crippen molar-refractivity contribution >= 4 is 48.1 Å². The van der Waals surface area contributed by atoms with Gasteiger partial charge in [-0.2, -0.15) is 12.6 Å². The number of nitrogens with two attached hydrogens (primary N) is 3. The molecule has 15 heteroatoms. The molecular weight excluding hydrogens is 448 g/mol. The van der Waals surface area contributed by atoms with Gasteiger partial charge in [0, 0.05) is 18.6 Å². The highest BCUT2D eigenvalue weighted by Crippen LogP contribution is 2.03. The highest BCUT2D eigenvalue weighted by Gasteiger charge is 2.31. The number of carboxylic acid groups (broad SMARTS) is 1. The lowest BCUT2D eigenvalue weighted by Crippen LogP contribution is -2.58. The molecule has 0 radical (unpaired) electrons. The molecule has 182 valence electrons. The molecule has 5 atom stereocenters. The summed E-state index contributed by atoms with van der Waals surface area (Å²) in [6.45, 7) is 1.16. The van der Waals surface area contributed by atoms with E-state index in [4.69, 9.17) is 22.3 Å². The number of aliphatic hydroxyl groups is 1. The van der Waals surface area contributed by atoms with E-state index < -0.39 is 65.8 Å². The molecule has 0 aliphatic heterocycles. The Hall–Kier alpha value is -2.91. The topological polar surface area (TPSA) is 257 Å². The van der Waals surface area contributed by atoms with Crippen LogP contribution in [-0.2, 0) is 28.8 Å². The smallest absolute Gasteiger partial charge is 0.328 e. The van der Waals surface area contributed by atoms with Crippen LogP contribution in [0.5, 0.6) is 0 Å². The maximum absolute atomic E-state index is 12.6. The number of nitrogens with one attached hydrogen (secondary N) is 3. The molecule has 0 rings (SSSR count). The average Bonchev–Trinajstić information content (AvgIpc) is 2.69. The van der Waals surface area contributed by atoms with Gasteiger partial charge in [-0.15, -0.1) is 0 Å². The second-order valence-electron chi connectivity index (χ2n) is 6.99. The largest absolute Gasteiger partial charge is 0.480 e. The van der Waals surface area contributed by atoms with Gasteiger partial charge in [-0.05, 0) is 19.8 Å². The molecule has 0 aliphatic carbocycles. The van der Waals surface area contributed by atoms with E-state index in [2.05, 4.69) is 28.6 Å². The minimum absolute atomic E-state index is 0.0804. The number of rotatable bonds is 15. The summed E-state index contributed by atoms with van der Waals surface area (Å²) in [5.41, 5.74) is 15.7. The summed E-state index contributed by atoms with van der Waals surface area (Å²) in [7, 11) is 0. The Morgan fingerprint density at radius 3 is 1.75 bits per heavy atom. The minimum Gasteiger partial charge on any atom is -0.480 e. The fourth-order valence-electron chi connectivity index (χ4n) is 2.37. The van der Waals surface area contributed by atoms with E-state index in [1.165, 1.54) is 0 Å². The van der Waals surface area contributed by atoms with Crippen LogP contribution in [0.3, 0.4) is 0 Å². The van der Waals surface area contributed by atoms with Gasteiger partial charge in [0.2, 0.25) is 29.5 Å². The van der Waals surface area contributed by atoms with E-state index in [1.807, 2.05) is 0 Å². The molecule has 0 aromatic heterocycles. The molecule has 5 amide bonds. The van der Waals surface area contributed by atoms with Crippen LogP contribution < -0.4 is 33.2 Å². The van der Waals surface area contributed by atoms with Crippen molar-refractivity contribution in [3.63, 3.8) is 0 Å². The lowest BCUT2D eigenvalue weighted by atomic mass is 10.1. The minimum atomic E-state index is -1.63. The van der Waals surface area contributed by atoms with Gasteiger partial charge in [-0.3, -0.25) is 24.0 Å². The van der Waals surface area contributed by atoms with Crippen molar-refractivity contribution in [3.05, 3.63) is 0 Å². The zero-order chi connectivity index (χ0) is 25.0. The quantitative estimate of drug-likeness (QED) is 0.103. The molecular formula is C17H30N6O8S. The Kier molecular flexibility index (Phi) is 12.9. The van der Waals surface area contributed by atoms with E-state index in [9.17, 15) is 33.9 Å².